The number of hydrogen-bond acceptors (Lipinski definition) is 5. The minimum Gasteiger partial charge on any atom is -0.342 e. The zero-order chi connectivity index (χ0) is 17.1. The van der Waals surface area contributed by atoms with Crippen LogP contribution in [0.3, 0.4) is 0 Å². The van der Waals surface area contributed by atoms with Gasteiger partial charge in [-0.3, -0.25) is 9.59 Å². The van der Waals surface area contributed by atoms with Crippen LogP contribution in [0.25, 0.3) is 0 Å². The van der Waals surface area contributed by atoms with E-state index in [4.69, 9.17) is 0 Å². The summed E-state index contributed by atoms with van der Waals surface area (Å²) >= 11 is 3.18. The molecule has 3 aromatic rings. The van der Waals surface area contributed by atoms with E-state index >= 15 is 0 Å². The van der Waals surface area contributed by atoms with Gasteiger partial charge in [-0.25, -0.2) is 4.98 Å². The molecule has 0 fully saturated rings. The van der Waals surface area contributed by atoms with Crippen LogP contribution in [-0.2, 0) is 13.5 Å². The molecular weight excluding hydrogens is 342 g/mol. The number of carbonyl (C=O) groups excluding carboxylic acids is 1. The van der Waals surface area contributed by atoms with E-state index in [9.17, 15) is 9.59 Å². The summed E-state index contributed by atoms with van der Waals surface area (Å²) < 4.78 is 1.40. The summed E-state index contributed by atoms with van der Waals surface area (Å²) in [5.41, 5.74) is 2.43. The predicted octanol–water partition coefficient (Wildman–Crippen LogP) is 2.93. The normalized spacial score (nSPS) is 12.1. The van der Waals surface area contributed by atoms with Crippen LogP contribution in [0.15, 0.2) is 45.3 Å². The molecule has 0 radical (unpaired) electrons. The molecule has 124 valence electrons. The number of aryl methyl sites for hydroxylation is 2. The van der Waals surface area contributed by atoms with E-state index in [0.29, 0.717) is 12.0 Å². The molecule has 0 spiro atoms. The van der Waals surface area contributed by atoms with Gasteiger partial charge in [0, 0.05) is 36.8 Å². The van der Waals surface area contributed by atoms with Gasteiger partial charge in [-0.1, -0.05) is 0 Å². The fourth-order valence-corrected chi connectivity index (χ4v) is 3.88. The summed E-state index contributed by atoms with van der Waals surface area (Å²) in [4.78, 5) is 28.6. The predicted molar refractivity (Wildman–Crippen MR) is 96.8 cm³/mol. The van der Waals surface area contributed by atoms with Gasteiger partial charge in [0.25, 0.3) is 5.91 Å². The molecule has 0 saturated carbocycles. The first-order valence-electron chi connectivity index (χ1n) is 7.43. The molecular formula is C17H17N3O2S2. The third-order valence-electron chi connectivity index (χ3n) is 3.61. The summed E-state index contributed by atoms with van der Waals surface area (Å²) in [7, 11) is 1.63. The molecule has 0 saturated heterocycles. The highest BCUT2D eigenvalue weighted by Crippen LogP contribution is 2.23. The number of rotatable bonds is 5. The lowest BCUT2D eigenvalue weighted by atomic mass is 10.1. The lowest BCUT2D eigenvalue weighted by Crippen LogP contribution is -2.31. The number of carbonyl (C=O) groups is 1. The van der Waals surface area contributed by atoms with Crippen LogP contribution >= 0.6 is 22.7 Å². The number of thiazole rings is 1. The molecule has 0 aliphatic carbocycles. The Morgan fingerprint density at radius 2 is 2.17 bits per heavy atom. The van der Waals surface area contributed by atoms with E-state index in [1.165, 1.54) is 16.2 Å². The highest BCUT2D eigenvalue weighted by Gasteiger charge is 2.20. The molecule has 0 aliphatic rings. The molecule has 0 aliphatic heterocycles. The van der Waals surface area contributed by atoms with Gasteiger partial charge >= 0.3 is 0 Å². The molecule has 1 amide bonds. The maximum Gasteiger partial charge on any atom is 0.253 e. The van der Waals surface area contributed by atoms with E-state index in [1.807, 2.05) is 17.7 Å². The number of pyridine rings is 1. The summed E-state index contributed by atoms with van der Waals surface area (Å²) in [6.07, 6.45) is 2.24. The lowest BCUT2D eigenvalue weighted by Gasteiger charge is -2.16. The van der Waals surface area contributed by atoms with Crippen molar-refractivity contribution < 1.29 is 4.79 Å². The van der Waals surface area contributed by atoms with Gasteiger partial charge in [0.1, 0.15) is 5.01 Å². The van der Waals surface area contributed by atoms with E-state index in [2.05, 4.69) is 21.7 Å². The Balaban J connectivity index is 1.83. The van der Waals surface area contributed by atoms with E-state index in [1.54, 1.807) is 42.0 Å². The van der Waals surface area contributed by atoms with Crippen LogP contribution in [0.5, 0.6) is 0 Å². The summed E-state index contributed by atoms with van der Waals surface area (Å²) in [5.74, 6) is -0.210. The minimum atomic E-state index is -0.210. The topological polar surface area (TPSA) is 64.0 Å². The van der Waals surface area contributed by atoms with Gasteiger partial charge in [0.05, 0.1) is 11.6 Å². The third kappa shape index (κ3) is 3.80. The van der Waals surface area contributed by atoms with Crippen LogP contribution in [0.1, 0.15) is 32.7 Å². The Labute approximate surface area is 147 Å². The highest BCUT2D eigenvalue weighted by molar-refractivity contribution is 7.09. The van der Waals surface area contributed by atoms with Crippen molar-refractivity contribution in [2.75, 3.05) is 0 Å². The highest BCUT2D eigenvalue weighted by atomic mass is 32.1. The number of aromatic nitrogens is 2. The monoisotopic (exact) mass is 359 g/mol. The van der Waals surface area contributed by atoms with E-state index in [-0.39, 0.29) is 17.5 Å². The minimum absolute atomic E-state index is 0.142. The third-order valence-corrected chi connectivity index (χ3v) is 5.42. The standard InChI is InChI=1S/C17H17N3O2S2/c1-11-9-24-17(18-11)14(7-12-5-6-23-10-12)19-16(22)13-3-4-15(21)20(2)8-13/h3-6,8-10,14H,7H2,1-2H3,(H,19,22). The second kappa shape index (κ2) is 7.11. The number of nitrogens with zero attached hydrogens (tertiary/aromatic N) is 2. The van der Waals surface area contributed by atoms with Gasteiger partial charge in [0.2, 0.25) is 5.56 Å². The van der Waals surface area contributed by atoms with Crippen molar-refractivity contribution in [3.63, 3.8) is 0 Å². The Hall–Kier alpha value is -2.25. The fraction of sp³-hybridized carbons (Fsp3) is 0.235. The quantitative estimate of drug-likeness (QED) is 0.762. The van der Waals surface area contributed by atoms with Gasteiger partial charge in [-0.15, -0.1) is 11.3 Å². The molecule has 3 heterocycles. The number of amides is 1. The lowest BCUT2D eigenvalue weighted by molar-refractivity contribution is 0.0935. The summed E-state index contributed by atoms with van der Waals surface area (Å²) in [6.45, 7) is 1.94. The summed E-state index contributed by atoms with van der Waals surface area (Å²) in [6, 6.07) is 4.81. The zero-order valence-electron chi connectivity index (χ0n) is 13.4. The Morgan fingerprint density at radius 3 is 2.79 bits per heavy atom. The molecule has 1 N–H and O–H groups in total. The Kier molecular flexibility index (Phi) is 4.92. The maximum absolute atomic E-state index is 12.6. The van der Waals surface area contributed by atoms with Crippen molar-refractivity contribution in [1.82, 2.24) is 14.9 Å². The first kappa shape index (κ1) is 16.6. The van der Waals surface area contributed by atoms with Crippen molar-refractivity contribution in [1.29, 1.82) is 0 Å². The second-order valence-electron chi connectivity index (χ2n) is 5.56. The van der Waals surface area contributed by atoms with Crippen LogP contribution in [0.4, 0.5) is 0 Å². The van der Waals surface area contributed by atoms with Crippen molar-refractivity contribution in [2.24, 2.45) is 7.05 Å². The SMILES string of the molecule is Cc1csc(C(Cc2ccsc2)NC(=O)c2ccc(=O)n(C)c2)n1. The molecule has 1 atom stereocenters. The first-order valence-corrected chi connectivity index (χ1v) is 9.26. The molecule has 0 bridgehead atoms. The molecule has 3 aromatic heterocycles. The van der Waals surface area contributed by atoms with Crippen molar-refractivity contribution >= 4 is 28.6 Å². The van der Waals surface area contributed by atoms with Gasteiger partial charge in [-0.05, 0) is 35.4 Å². The van der Waals surface area contributed by atoms with Gasteiger partial charge in [0.15, 0.2) is 0 Å². The first-order chi connectivity index (χ1) is 11.5. The maximum atomic E-state index is 12.6. The van der Waals surface area contributed by atoms with Crippen molar-refractivity contribution in [3.8, 4) is 0 Å². The smallest absolute Gasteiger partial charge is 0.253 e. The molecule has 1 unspecified atom stereocenters. The van der Waals surface area contributed by atoms with Crippen LogP contribution in [-0.4, -0.2) is 15.5 Å². The van der Waals surface area contributed by atoms with Gasteiger partial charge < -0.3 is 9.88 Å². The number of thiophene rings is 1. The molecule has 7 heteroatoms. The molecule has 24 heavy (non-hydrogen) atoms. The number of hydrogen-bond donors (Lipinski definition) is 1. The van der Waals surface area contributed by atoms with Crippen LogP contribution < -0.4 is 10.9 Å². The molecule has 5 nitrogen and oxygen atoms in total. The summed E-state index contributed by atoms with van der Waals surface area (Å²) in [5, 5.41) is 10.0. The average molecular weight is 359 g/mol. The fourth-order valence-electron chi connectivity index (χ4n) is 2.35. The molecule has 3 rings (SSSR count). The average Bonchev–Trinajstić information content (AvgIpc) is 3.21. The van der Waals surface area contributed by atoms with E-state index < -0.39 is 0 Å². The Bertz CT molecular complexity index is 897. The van der Waals surface area contributed by atoms with Crippen molar-refractivity contribution in [3.05, 3.63) is 72.7 Å². The number of nitrogens with one attached hydrogen (secondary N) is 1. The van der Waals surface area contributed by atoms with Gasteiger partial charge in [-0.2, -0.15) is 11.3 Å². The Morgan fingerprint density at radius 1 is 1.33 bits per heavy atom. The van der Waals surface area contributed by atoms with Crippen molar-refractivity contribution in [2.45, 2.75) is 19.4 Å². The second-order valence-corrected chi connectivity index (χ2v) is 7.23. The van der Waals surface area contributed by atoms with Crippen LogP contribution in [0.2, 0.25) is 0 Å². The zero-order valence-corrected chi connectivity index (χ0v) is 15.0. The largest absolute Gasteiger partial charge is 0.342 e. The molecule has 0 aromatic carbocycles. The van der Waals surface area contributed by atoms with E-state index in [0.717, 1.165) is 10.7 Å². The van der Waals surface area contributed by atoms with Crippen LogP contribution in [0, 0.1) is 6.92 Å².